The molecule has 1 aliphatic rings. The Morgan fingerprint density at radius 3 is 2.24 bits per heavy atom. The summed E-state index contributed by atoms with van der Waals surface area (Å²) in [5, 5.41) is 12.6. The van der Waals surface area contributed by atoms with Crippen molar-refractivity contribution in [3.63, 3.8) is 0 Å². The van der Waals surface area contributed by atoms with Crippen LogP contribution in [0.3, 0.4) is 0 Å². The Bertz CT molecular complexity index is 852. The molecule has 0 aliphatic carbocycles. The van der Waals surface area contributed by atoms with Crippen molar-refractivity contribution in [1.29, 1.82) is 0 Å². The molecule has 3 rings (SSSR count). The lowest BCUT2D eigenvalue weighted by atomic mass is 10.0. The van der Waals surface area contributed by atoms with Gasteiger partial charge in [-0.3, -0.25) is 4.79 Å². The topological polar surface area (TPSA) is 71.4 Å². The largest absolute Gasteiger partial charge is 0.497 e. The van der Waals surface area contributed by atoms with Crippen molar-refractivity contribution in [2.45, 2.75) is 20.4 Å². The van der Waals surface area contributed by atoms with Gasteiger partial charge in [0.15, 0.2) is 5.71 Å². The van der Waals surface area contributed by atoms with Gasteiger partial charge in [-0.1, -0.05) is 11.2 Å². The van der Waals surface area contributed by atoms with Crippen LogP contribution < -0.4 is 14.4 Å². The zero-order valence-electron chi connectivity index (χ0n) is 14.7. The number of carbonyl (C=O) groups excluding carboxylic acids is 1. The van der Waals surface area contributed by atoms with Crippen molar-refractivity contribution >= 4 is 17.3 Å². The molecule has 6 nitrogen and oxygen atoms in total. The van der Waals surface area contributed by atoms with E-state index in [1.165, 1.54) is 0 Å². The number of fused-ring (bicyclic) bond motifs is 1. The lowest BCUT2D eigenvalue weighted by molar-refractivity contribution is -0.112. The number of amides is 1. The van der Waals surface area contributed by atoms with Gasteiger partial charge in [-0.25, -0.2) is 0 Å². The number of carbonyl (C=O) groups is 1. The van der Waals surface area contributed by atoms with Crippen molar-refractivity contribution < 1.29 is 19.5 Å². The van der Waals surface area contributed by atoms with Crippen LogP contribution in [0.2, 0.25) is 0 Å². The van der Waals surface area contributed by atoms with Crippen LogP contribution in [0.5, 0.6) is 11.5 Å². The van der Waals surface area contributed by atoms with Crippen LogP contribution in [0.1, 0.15) is 22.3 Å². The molecule has 25 heavy (non-hydrogen) atoms. The van der Waals surface area contributed by atoms with Crippen LogP contribution in [0, 0.1) is 13.8 Å². The number of ether oxygens (including phenoxy) is 2. The highest BCUT2D eigenvalue weighted by atomic mass is 16.5. The number of benzene rings is 2. The van der Waals surface area contributed by atoms with Crippen molar-refractivity contribution in [2.75, 3.05) is 19.1 Å². The van der Waals surface area contributed by atoms with Gasteiger partial charge in [0.05, 0.1) is 26.5 Å². The normalized spacial score (nSPS) is 14.8. The highest BCUT2D eigenvalue weighted by molar-refractivity contribution is 6.54. The minimum absolute atomic E-state index is 0.0716. The van der Waals surface area contributed by atoms with Crippen LogP contribution in [0.4, 0.5) is 5.69 Å². The second-order valence-corrected chi connectivity index (χ2v) is 6.04. The maximum absolute atomic E-state index is 12.7. The molecular formula is C19H20N2O4. The fraction of sp³-hybridized carbons (Fsp3) is 0.263. The van der Waals surface area contributed by atoms with Crippen molar-refractivity contribution in [3.8, 4) is 11.5 Å². The Labute approximate surface area is 146 Å². The fourth-order valence-corrected chi connectivity index (χ4v) is 3.20. The van der Waals surface area contributed by atoms with Crippen molar-refractivity contribution in [2.24, 2.45) is 5.16 Å². The zero-order valence-corrected chi connectivity index (χ0v) is 14.7. The first-order chi connectivity index (χ1) is 12.0. The van der Waals surface area contributed by atoms with Crippen LogP contribution in [-0.4, -0.2) is 31.0 Å². The fourth-order valence-electron chi connectivity index (χ4n) is 3.20. The van der Waals surface area contributed by atoms with Gasteiger partial charge in [-0.05, 0) is 48.7 Å². The van der Waals surface area contributed by atoms with E-state index >= 15 is 0 Å². The number of hydrogen-bond donors (Lipinski definition) is 1. The van der Waals surface area contributed by atoms with E-state index in [2.05, 4.69) is 5.16 Å². The zero-order chi connectivity index (χ0) is 18.1. The Balaban J connectivity index is 2.06. The molecule has 1 N–H and O–H groups in total. The Morgan fingerprint density at radius 2 is 1.68 bits per heavy atom. The molecule has 6 heteroatoms. The minimum atomic E-state index is -0.326. The predicted molar refractivity (Wildman–Crippen MR) is 95.0 cm³/mol. The van der Waals surface area contributed by atoms with E-state index in [1.54, 1.807) is 25.2 Å². The summed E-state index contributed by atoms with van der Waals surface area (Å²) in [7, 11) is 3.16. The van der Waals surface area contributed by atoms with E-state index in [4.69, 9.17) is 9.47 Å². The van der Waals surface area contributed by atoms with E-state index < -0.39 is 0 Å². The van der Waals surface area contributed by atoms with Gasteiger partial charge in [-0.15, -0.1) is 0 Å². The van der Waals surface area contributed by atoms with Gasteiger partial charge in [0, 0.05) is 11.6 Å². The summed E-state index contributed by atoms with van der Waals surface area (Å²) in [5.41, 5.74) is 4.29. The molecule has 1 aliphatic heterocycles. The van der Waals surface area contributed by atoms with Gasteiger partial charge in [0.2, 0.25) is 0 Å². The third kappa shape index (κ3) is 2.91. The first kappa shape index (κ1) is 16.8. The average molecular weight is 340 g/mol. The number of rotatable bonds is 4. The molecule has 0 spiro atoms. The SMILES string of the molecule is COc1cc(CN2C(=O)/C(=N\O)c3c(C)cc(C)cc32)cc(OC)c1. The Hall–Kier alpha value is -3.02. The lowest BCUT2D eigenvalue weighted by Crippen LogP contribution is -2.29. The van der Waals surface area contributed by atoms with Crippen LogP contribution in [0.15, 0.2) is 35.5 Å². The molecule has 0 radical (unpaired) electrons. The smallest absolute Gasteiger partial charge is 0.281 e. The standard InChI is InChI=1S/C19H20N2O4/c1-11-5-12(2)17-16(6-11)21(19(22)18(17)20-23)10-13-7-14(24-3)9-15(8-13)25-4/h5-9,23H,10H2,1-4H3/b20-18-. The molecule has 130 valence electrons. The summed E-state index contributed by atoms with van der Waals surface area (Å²) in [6.45, 7) is 4.20. The number of nitrogens with zero attached hydrogens (tertiary/aromatic N) is 2. The first-order valence-corrected chi connectivity index (χ1v) is 7.86. The van der Waals surface area contributed by atoms with Gasteiger partial charge in [0.25, 0.3) is 5.91 Å². The quantitative estimate of drug-likeness (QED) is 0.686. The molecule has 0 unspecified atom stereocenters. The monoisotopic (exact) mass is 340 g/mol. The van der Waals surface area contributed by atoms with Crippen LogP contribution in [-0.2, 0) is 11.3 Å². The molecule has 0 aromatic heterocycles. The maximum atomic E-state index is 12.7. The van der Waals surface area contributed by atoms with Gasteiger partial charge < -0.3 is 19.6 Å². The van der Waals surface area contributed by atoms with Crippen LogP contribution >= 0.6 is 0 Å². The molecule has 0 fully saturated rings. The predicted octanol–water partition coefficient (Wildman–Crippen LogP) is 3.05. The Kier molecular flexibility index (Phi) is 4.35. The first-order valence-electron chi connectivity index (χ1n) is 7.86. The number of oxime groups is 1. The second kappa shape index (κ2) is 6.47. The van der Waals surface area contributed by atoms with Gasteiger partial charge in [-0.2, -0.15) is 0 Å². The average Bonchev–Trinajstić information content (AvgIpc) is 2.86. The molecule has 2 aromatic carbocycles. The minimum Gasteiger partial charge on any atom is -0.497 e. The van der Waals surface area contributed by atoms with E-state index in [0.29, 0.717) is 23.6 Å². The molecule has 0 bridgehead atoms. The van der Waals surface area contributed by atoms with E-state index in [-0.39, 0.29) is 11.6 Å². The molecule has 0 saturated carbocycles. The molecule has 1 amide bonds. The van der Waals surface area contributed by atoms with E-state index in [9.17, 15) is 10.0 Å². The number of hydrogen-bond acceptors (Lipinski definition) is 5. The van der Waals surface area contributed by atoms with Gasteiger partial charge >= 0.3 is 0 Å². The van der Waals surface area contributed by atoms with Crippen molar-refractivity contribution in [1.82, 2.24) is 0 Å². The number of methoxy groups -OCH3 is 2. The lowest BCUT2D eigenvalue weighted by Gasteiger charge is -2.19. The molecule has 1 heterocycles. The number of aryl methyl sites for hydroxylation is 2. The second-order valence-electron chi connectivity index (χ2n) is 6.04. The summed E-state index contributed by atoms with van der Waals surface area (Å²) < 4.78 is 10.6. The summed E-state index contributed by atoms with van der Waals surface area (Å²) in [5.74, 6) is 0.975. The van der Waals surface area contributed by atoms with E-state index in [0.717, 1.165) is 22.4 Å². The number of anilines is 1. The molecular weight excluding hydrogens is 320 g/mol. The highest BCUT2D eigenvalue weighted by Crippen LogP contribution is 2.35. The molecule has 0 atom stereocenters. The van der Waals surface area contributed by atoms with Crippen molar-refractivity contribution in [3.05, 3.63) is 52.6 Å². The highest BCUT2D eigenvalue weighted by Gasteiger charge is 2.36. The molecule has 0 saturated heterocycles. The summed E-state index contributed by atoms with van der Waals surface area (Å²) in [6, 6.07) is 9.38. The summed E-state index contributed by atoms with van der Waals surface area (Å²) in [6.07, 6.45) is 0. The van der Waals surface area contributed by atoms with Crippen LogP contribution in [0.25, 0.3) is 0 Å². The third-order valence-electron chi connectivity index (χ3n) is 4.29. The maximum Gasteiger partial charge on any atom is 0.281 e. The van der Waals surface area contributed by atoms with Gasteiger partial charge in [0.1, 0.15) is 11.5 Å². The third-order valence-corrected chi connectivity index (χ3v) is 4.29. The molecule has 2 aromatic rings. The Morgan fingerprint density at radius 1 is 1.04 bits per heavy atom. The summed E-state index contributed by atoms with van der Waals surface area (Å²) >= 11 is 0. The summed E-state index contributed by atoms with van der Waals surface area (Å²) in [4.78, 5) is 14.4. The van der Waals surface area contributed by atoms with E-state index in [1.807, 2.05) is 38.1 Å².